The van der Waals surface area contributed by atoms with E-state index >= 15 is 0 Å². The number of hydrogen-bond acceptors (Lipinski definition) is 6. The van der Waals surface area contributed by atoms with Gasteiger partial charge in [0.25, 0.3) is 11.5 Å². The summed E-state index contributed by atoms with van der Waals surface area (Å²) in [4.78, 5) is 32.6. The van der Waals surface area contributed by atoms with Gasteiger partial charge in [0.2, 0.25) is 5.95 Å². The number of carbonyl (C=O) groups is 1. The largest absolute Gasteiger partial charge is 0.497 e. The molecule has 1 aliphatic rings. The molecule has 3 aromatic carbocycles. The molecule has 216 valence electrons. The highest BCUT2D eigenvalue weighted by atomic mass is 16.5. The van der Waals surface area contributed by atoms with E-state index in [0.29, 0.717) is 12.1 Å². The normalized spacial score (nSPS) is 14.6. The molecule has 2 aromatic heterocycles. The fraction of sp³-hybridized carbons (Fsp3) is 0.206. The summed E-state index contributed by atoms with van der Waals surface area (Å²) in [7, 11) is 1.62. The Hall–Kier alpha value is -5.31. The van der Waals surface area contributed by atoms with E-state index in [1.165, 1.54) is 15.6 Å². The number of carbonyl (C=O) groups excluding carboxylic acids is 1. The number of ether oxygens (including phenoxy) is 1. The first-order chi connectivity index (χ1) is 20.8. The van der Waals surface area contributed by atoms with Crippen molar-refractivity contribution in [1.29, 1.82) is 0 Å². The van der Waals surface area contributed by atoms with E-state index in [-0.39, 0.29) is 30.0 Å². The quantitative estimate of drug-likeness (QED) is 0.260. The molecular weight excluding hydrogens is 540 g/mol. The fourth-order valence-electron chi connectivity index (χ4n) is 5.35. The van der Waals surface area contributed by atoms with Crippen molar-refractivity contribution in [2.45, 2.75) is 39.8 Å². The molecule has 0 aliphatic carbocycles. The van der Waals surface area contributed by atoms with E-state index in [1.807, 2.05) is 106 Å². The molecule has 1 atom stereocenters. The van der Waals surface area contributed by atoms with Crippen molar-refractivity contribution in [3.63, 3.8) is 0 Å². The summed E-state index contributed by atoms with van der Waals surface area (Å²) in [5.74, 6) is 0.692. The lowest BCUT2D eigenvalue weighted by atomic mass is 9.97. The van der Waals surface area contributed by atoms with Crippen LogP contribution in [-0.4, -0.2) is 43.1 Å². The summed E-state index contributed by atoms with van der Waals surface area (Å²) in [5.41, 5.74) is 6.32. The van der Waals surface area contributed by atoms with Crippen LogP contribution >= 0.6 is 0 Å². The summed E-state index contributed by atoms with van der Waals surface area (Å²) >= 11 is 0. The number of aromatic nitrogens is 4. The number of rotatable bonds is 7. The molecule has 0 N–H and O–H groups in total. The molecule has 1 unspecified atom stereocenters. The van der Waals surface area contributed by atoms with E-state index in [1.54, 1.807) is 11.8 Å². The van der Waals surface area contributed by atoms with Crippen LogP contribution in [0.1, 0.15) is 40.5 Å². The van der Waals surface area contributed by atoms with Crippen molar-refractivity contribution in [1.82, 2.24) is 24.3 Å². The lowest BCUT2D eigenvalue weighted by Gasteiger charge is -2.23. The summed E-state index contributed by atoms with van der Waals surface area (Å²) in [6.07, 6.45) is 0.533. The zero-order valence-electron chi connectivity index (χ0n) is 24.6. The number of methoxy groups -OCH3 is 1. The third kappa shape index (κ3) is 5.61. The zero-order valence-corrected chi connectivity index (χ0v) is 24.6. The molecular formula is C34H32N6O3. The van der Waals surface area contributed by atoms with Crippen molar-refractivity contribution >= 4 is 11.6 Å². The first kappa shape index (κ1) is 27.8. The van der Waals surface area contributed by atoms with Crippen LogP contribution in [0.15, 0.2) is 101 Å². The number of hydrogen-bond donors (Lipinski definition) is 0. The molecule has 9 heteroatoms. The molecule has 0 spiro atoms. The molecule has 0 saturated heterocycles. The Morgan fingerprint density at radius 3 is 2.28 bits per heavy atom. The van der Waals surface area contributed by atoms with Crippen LogP contribution in [0.5, 0.6) is 5.75 Å². The smallest absolute Gasteiger partial charge is 0.263 e. The van der Waals surface area contributed by atoms with E-state index in [9.17, 15) is 9.59 Å². The van der Waals surface area contributed by atoms with Crippen molar-refractivity contribution in [3.05, 3.63) is 129 Å². The molecule has 0 bridgehead atoms. The predicted octanol–water partition coefficient (Wildman–Crippen LogP) is 5.41. The van der Waals surface area contributed by atoms with E-state index in [4.69, 9.17) is 14.8 Å². The van der Waals surface area contributed by atoms with Gasteiger partial charge in [-0.1, -0.05) is 60.2 Å². The van der Waals surface area contributed by atoms with E-state index in [2.05, 4.69) is 5.10 Å². The number of hydrazone groups is 1. The predicted molar refractivity (Wildman–Crippen MR) is 165 cm³/mol. The molecule has 6 rings (SSSR count). The van der Waals surface area contributed by atoms with Crippen molar-refractivity contribution in [2.24, 2.45) is 5.10 Å². The Morgan fingerprint density at radius 1 is 0.907 bits per heavy atom. The number of benzene rings is 3. The Kier molecular flexibility index (Phi) is 7.46. The lowest BCUT2D eigenvalue weighted by Crippen LogP contribution is -2.36. The summed E-state index contributed by atoms with van der Waals surface area (Å²) in [6.45, 7) is 5.55. The van der Waals surface area contributed by atoms with E-state index in [0.717, 1.165) is 45.1 Å². The van der Waals surface area contributed by atoms with Gasteiger partial charge in [-0.05, 0) is 62.2 Å². The highest BCUT2D eigenvalue weighted by Gasteiger charge is 2.34. The van der Waals surface area contributed by atoms with E-state index < -0.39 is 0 Å². The van der Waals surface area contributed by atoms with Gasteiger partial charge in [0.15, 0.2) is 0 Å². The van der Waals surface area contributed by atoms with Crippen LogP contribution in [0.2, 0.25) is 0 Å². The number of amides is 1. The maximum Gasteiger partial charge on any atom is 0.263 e. The van der Waals surface area contributed by atoms with Gasteiger partial charge in [-0.2, -0.15) is 10.2 Å². The molecule has 9 nitrogen and oxygen atoms in total. The average Bonchev–Trinajstić information content (AvgIpc) is 3.62. The average molecular weight is 573 g/mol. The third-order valence-electron chi connectivity index (χ3n) is 7.60. The first-order valence-electron chi connectivity index (χ1n) is 14.1. The monoisotopic (exact) mass is 572 g/mol. The minimum absolute atomic E-state index is 0.254. The molecule has 1 amide bonds. The van der Waals surface area contributed by atoms with Gasteiger partial charge in [0.05, 0.1) is 30.3 Å². The molecule has 0 radical (unpaired) electrons. The Bertz CT molecular complexity index is 1870. The van der Waals surface area contributed by atoms with Crippen LogP contribution in [0.25, 0.3) is 17.2 Å². The van der Waals surface area contributed by atoms with Gasteiger partial charge < -0.3 is 4.74 Å². The third-order valence-corrected chi connectivity index (χ3v) is 7.60. The van der Waals surface area contributed by atoms with Gasteiger partial charge in [-0.25, -0.2) is 14.7 Å². The standard InChI is InChI=1S/C34H32N6O3/c1-22-10-12-27(13-11-22)31-19-30(26-14-16-28(43-4)17-15-26)37-40(31)33(42)21-38-32(41)20-29(25-8-6-5-7-9-25)35-34(38)39-24(3)18-23(2)36-39/h5-18,20,31H,19,21H2,1-4H3. The lowest BCUT2D eigenvalue weighted by molar-refractivity contribution is -0.133. The van der Waals surface area contributed by atoms with Gasteiger partial charge in [-0.3, -0.25) is 14.2 Å². The molecule has 43 heavy (non-hydrogen) atoms. The van der Waals surface area contributed by atoms with Crippen molar-refractivity contribution in [3.8, 4) is 23.0 Å². The Labute approximate surface area is 249 Å². The van der Waals surface area contributed by atoms with Crippen LogP contribution in [0.4, 0.5) is 0 Å². The SMILES string of the molecule is COc1ccc(C2=NN(C(=O)Cn3c(-n4nc(C)cc4C)nc(-c4ccccc4)cc3=O)C(c3ccc(C)cc3)C2)cc1. The zero-order chi connectivity index (χ0) is 30.1. The van der Waals surface area contributed by atoms with Crippen LogP contribution in [-0.2, 0) is 11.3 Å². The molecule has 0 fully saturated rings. The second-order valence-corrected chi connectivity index (χ2v) is 10.7. The van der Waals surface area contributed by atoms with Gasteiger partial charge >= 0.3 is 0 Å². The summed E-state index contributed by atoms with van der Waals surface area (Å²) in [6, 6.07) is 28.3. The second-order valence-electron chi connectivity index (χ2n) is 10.7. The van der Waals surface area contributed by atoms with Crippen LogP contribution < -0.4 is 10.3 Å². The first-order valence-corrected chi connectivity index (χ1v) is 14.1. The highest BCUT2D eigenvalue weighted by Crippen LogP contribution is 2.33. The molecule has 3 heterocycles. The topological polar surface area (TPSA) is 94.6 Å². The number of nitrogens with zero attached hydrogens (tertiary/aromatic N) is 6. The molecule has 5 aromatic rings. The Balaban J connectivity index is 1.41. The van der Waals surface area contributed by atoms with Gasteiger partial charge in [0, 0.05) is 23.7 Å². The second kappa shape index (κ2) is 11.5. The fourth-order valence-corrected chi connectivity index (χ4v) is 5.35. The van der Waals surface area contributed by atoms with Gasteiger partial charge in [0.1, 0.15) is 12.3 Å². The Morgan fingerprint density at radius 2 is 1.63 bits per heavy atom. The minimum atomic E-state index is -0.352. The maximum atomic E-state index is 14.1. The van der Waals surface area contributed by atoms with Crippen LogP contribution in [0.3, 0.4) is 0 Å². The van der Waals surface area contributed by atoms with Crippen molar-refractivity contribution < 1.29 is 9.53 Å². The summed E-state index contributed by atoms with van der Waals surface area (Å²) in [5, 5.41) is 10.9. The molecule has 1 aliphatic heterocycles. The van der Waals surface area contributed by atoms with Gasteiger partial charge in [-0.15, -0.1) is 0 Å². The number of aryl methyl sites for hydroxylation is 3. The van der Waals surface area contributed by atoms with Crippen LogP contribution in [0, 0.1) is 20.8 Å². The summed E-state index contributed by atoms with van der Waals surface area (Å²) < 4.78 is 8.31. The molecule has 0 saturated carbocycles. The minimum Gasteiger partial charge on any atom is -0.497 e. The highest BCUT2D eigenvalue weighted by molar-refractivity contribution is 6.03. The maximum absolute atomic E-state index is 14.1. The van der Waals surface area contributed by atoms with Crippen molar-refractivity contribution in [2.75, 3.05) is 7.11 Å².